The van der Waals surface area contributed by atoms with Crippen molar-refractivity contribution in [1.29, 1.82) is 0 Å². The van der Waals surface area contributed by atoms with Crippen molar-refractivity contribution in [1.82, 2.24) is 28.8 Å². The summed E-state index contributed by atoms with van der Waals surface area (Å²) in [5.41, 5.74) is 1.13. The van der Waals surface area contributed by atoms with Crippen molar-refractivity contribution in [3.63, 3.8) is 0 Å². The molecule has 0 aliphatic carbocycles. The molecule has 1 aromatic carbocycles. The lowest BCUT2D eigenvalue weighted by Crippen LogP contribution is -2.42. The molecule has 1 atom stereocenters. The first kappa shape index (κ1) is 25.9. The molecule has 2 aliphatic heterocycles. The fraction of sp³-hybridized carbons (Fsp3) is 0.577. The van der Waals surface area contributed by atoms with Gasteiger partial charge in [-0.1, -0.05) is 6.92 Å². The third-order valence-corrected chi connectivity index (χ3v) is 9.27. The highest BCUT2D eigenvalue weighted by Gasteiger charge is 2.37. The van der Waals surface area contributed by atoms with Gasteiger partial charge in [-0.3, -0.25) is 4.79 Å². The molecule has 5 rings (SSSR count). The number of nitrogens with one attached hydrogen (secondary N) is 1. The zero-order chi connectivity index (χ0) is 26.2. The van der Waals surface area contributed by atoms with E-state index in [1.165, 1.54) is 12.8 Å². The second-order valence-electron chi connectivity index (χ2n) is 9.94. The van der Waals surface area contributed by atoms with Crippen molar-refractivity contribution in [2.75, 3.05) is 32.8 Å². The molecule has 0 spiro atoms. The maximum atomic E-state index is 13.9. The van der Waals surface area contributed by atoms with Gasteiger partial charge in [0, 0.05) is 25.6 Å². The number of hydrogen-bond donors (Lipinski definition) is 1. The average molecular weight is 529 g/mol. The molecule has 2 aliphatic rings. The van der Waals surface area contributed by atoms with Gasteiger partial charge in [0.2, 0.25) is 10.0 Å². The predicted molar refractivity (Wildman–Crippen MR) is 142 cm³/mol. The van der Waals surface area contributed by atoms with Gasteiger partial charge in [0.05, 0.1) is 22.8 Å². The molecule has 1 N–H and O–H groups in total. The number of aryl methyl sites for hydroxylation is 2. The minimum absolute atomic E-state index is 0.0297. The van der Waals surface area contributed by atoms with Gasteiger partial charge >= 0.3 is 0 Å². The number of aromatic nitrogens is 4. The normalized spacial score (nSPS) is 19.3. The maximum absolute atomic E-state index is 13.9. The fourth-order valence-corrected chi connectivity index (χ4v) is 7.30. The van der Waals surface area contributed by atoms with E-state index < -0.39 is 10.0 Å². The molecular weight excluding hydrogens is 492 g/mol. The van der Waals surface area contributed by atoms with Crippen molar-refractivity contribution < 1.29 is 13.2 Å². The van der Waals surface area contributed by atoms with E-state index in [9.17, 15) is 13.2 Å². The molecule has 10 nitrogen and oxygen atoms in total. The van der Waals surface area contributed by atoms with Gasteiger partial charge in [0.1, 0.15) is 11.6 Å². The Bertz CT molecular complexity index is 1440. The van der Waals surface area contributed by atoms with E-state index in [4.69, 9.17) is 9.84 Å². The Hall–Kier alpha value is -2.76. The predicted octanol–water partition coefficient (Wildman–Crippen LogP) is 2.99. The van der Waals surface area contributed by atoms with Crippen molar-refractivity contribution in [2.45, 2.75) is 70.2 Å². The van der Waals surface area contributed by atoms with Crippen LogP contribution < -0.4 is 10.3 Å². The summed E-state index contributed by atoms with van der Waals surface area (Å²) in [7, 11) is -3.74. The smallest absolute Gasteiger partial charge is 0.277 e. The Morgan fingerprint density at radius 2 is 1.92 bits per heavy atom. The van der Waals surface area contributed by atoms with E-state index in [1.807, 2.05) is 13.8 Å². The number of nitrogens with zero attached hydrogens (tertiary/aromatic N) is 5. The molecule has 2 fully saturated rings. The first-order chi connectivity index (χ1) is 17.8. The summed E-state index contributed by atoms with van der Waals surface area (Å²) >= 11 is 0. The summed E-state index contributed by atoms with van der Waals surface area (Å²) in [4.78, 5) is 23.0. The highest BCUT2D eigenvalue weighted by atomic mass is 32.2. The summed E-state index contributed by atoms with van der Waals surface area (Å²) in [5.74, 6) is 1.42. The molecule has 2 aromatic heterocycles. The summed E-state index contributed by atoms with van der Waals surface area (Å²) in [5, 5.41) is 4.70. The van der Waals surface area contributed by atoms with Crippen LogP contribution in [0, 0.1) is 6.92 Å². The minimum atomic E-state index is -3.74. The first-order valence-electron chi connectivity index (χ1n) is 13.3. The lowest BCUT2D eigenvalue weighted by Gasteiger charge is -2.28. The third-order valence-electron chi connectivity index (χ3n) is 7.32. The number of H-pyrrole nitrogens is 1. The first-order valence-corrected chi connectivity index (χ1v) is 14.8. The highest BCUT2D eigenvalue weighted by Crippen LogP contribution is 2.34. The maximum Gasteiger partial charge on any atom is 0.277 e. The van der Waals surface area contributed by atoms with E-state index in [2.05, 4.69) is 14.9 Å². The van der Waals surface area contributed by atoms with E-state index in [1.54, 1.807) is 33.9 Å². The molecule has 2 saturated heterocycles. The molecule has 0 radical (unpaired) electrons. The van der Waals surface area contributed by atoms with E-state index in [0.29, 0.717) is 47.9 Å². The molecule has 0 unspecified atom stereocenters. The van der Waals surface area contributed by atoms with Gasteiger partial charge < -0.3 is 14.6 Å². The minimum Gasteiger partial charge on any atom is -0.493 e. The number of likely N-dealkylation sites (tertiary alicyclic amines) is 1. The number of rotatable bonds is 9. The van der Waals surface area contributed by atoms with Crippen LogP contribution in [0.15, 0.2) is 27.9 Å². The van der Waals surface area contributed by atoms with Crippen LogP contribution in [0.5, 0.6) is 5.75 Å². The number of hydrogen-bond acceptors (Lipinski definition) is 7. The van der Waals surface area contributed by atoms with Gasteiger partial charge in [0.25, 0.3) is 5.56 Å². The lowest BCUT2D eigenvalue weighted by atomic mass is 10.2. The van der Waals surface area contributed by atoms with Gasteiger partial charge in [-0.05, 0) is 77.2 Å². The van der Waals surface area contributed by atoms with Crippen molar-refractivity contribution in [3.05, 3.63) is 40.1 Å². The van der Waals surface area contributed by atoms with Crippen molar-refractivity contribution >= 4 is 15.5 Å². The van der Waals surface area contributed by atoms with Gasteiger partial charge in [-0.15, -0.1) is 5.10 Å². The van der Waals surface area contributed by atoms with Gasteiger partial charge in [-0.2, -0.15) is 4.31 Å². The topological polar surface area (TPSA) is 113 Å². The highest BCUT2D eigenvalue weighted by molar-refractivity contribution is 7.89. The Morgan fingerprint density at radius 1 is 1.14 bits per heavy atom. The SMILES string of the molecule is CCCc1nc(C)c2c(=O)[nH]c(-c3cc(S(=O)(=O)N4CCC[C@H]4CN4CCCC4)ccc3OCC)nn12. The van der Waals surface area contributed by atoms with Crippen molar-refractivity contribution in [3.8, 4) is 17.1 Å². The Labute approximate surface area is 217 Å². The monoisotopic (exact) mass is 528 g/mol. The largest absolute Gasteiger partial charge is 0.493 e. The Morgan fingerprint density at radius 3 is 2.65 bits per heavy atom. The van der Waals surface area contributed by atoms with Gasteiger partial charge in [-0.25, -0.2) is 17.9 Å². The standard InChI is InChI=1S/C26H36N6O4S/c1-4-9-23-27-18(3)24-26(33)28-25(29-32(23)24)21-16-20(11-12-22(21)36-5-2)37(34,35)31-15-8-10-19(31)17-30-13-6-7-14-30/h11-12,16,19H,4-10,13-15,17H2,1-3H3,(H,28,29,33)/t19-/m0/s1. The van der Waals surface area contributed by atoms with Crippen LogP contribution in [0.3, 0.4) is 0 Å². The molecule has 200 valence electrons. The molecule has 3 aromatic rings. The number of fused-ring (bicyclic) bond motifs is 1. The Kier molecular flexibility index (Phi) is 7.37. The van der Waals surface area contributed by atoms with Crippen LogP contribution in [0.1, 0.15) is 57.5 Å². The molecule has 11 heteroatoms. The Balaban J connectivity index is 1.57. The molecule has 0 amide bonds. The fourth-order valence-electron chi connectivity index (χ4n) is 5.59. The second kappa shape index (κ2) is 10.5. The number of benzene rings is 1. The molecule has 4 heterocycles. The van der Waals surface area contributed by atoms with Crippen LogP contribution in [0.25, 0.3) is 16.9 Å². The molecule has 0 saturated carbocycles. The molecule has 37 heavy (non-hydrogen) atoms. The van der Waals surface area contributed by atoms with Crippen LogP contribution in [-0.2, 0) is 16.4 Å². The zero-order valence-corrected chi connectivity index (χ0v) is 22.7. The van der Waals surface area contributed by atoms with Crippen LogP contribution >= 0.6 is 0 Å². The summed E-state index contributed by atoms with van der Waals surface area (Å²) in [6.45, 7) is 9.44. The van der Waals surface area contributed by atoms with E-state index >= 15 is 0 Å². The number of imidazole rings is 1. The summed E-state index contributed by atoms with van der Waals surface area (Å²) < 4.78 is 36.8. The van der Waals surface area contributed by atoms with Crippen molar-refractivity contribution in [2.24, 2.45) is 0 Å². The number of aromatic amines is 1. The molecular formula is C26H36N6O4S. The van der Waals surface area contributed by atoms with E-state index in [-0.39, 0.29) is 22.3 Å². The van der Waals surface area contributed by atoms with Crippen LogP contribution in [0.4, 0.5) is 0 Å². The zero-order valence-electron chi connectivity index (χ0n) is 21.9. The third kappa shape index (κ3) is 4.92. The number of ether oxygens (including phenoxy) is 1. The second-order valence-corrected chi connectivity index (χ2v) is 11.8. The summed E-state index contributed by atoms with van der Waals surface area (Å²) in [6.07, 6.45) is 5.60. The quantitative estimate of drug-likeness (QED) is 0.454. The average Bonchev–Trinajstić information content (AvgIpc) is 3.62. The number of sulfonamides is 1. The lowest BCUT2D eigenvalue weighted by molar-refractivity contribution is 0.257. The summed E-state index contributed by atoms with van der Waals surface area (Å²) in [6, 6.07) is 4.81. The van der Waals surface area contributed by atoms with Crippen LogP contribution in [0.2, 0.25) is 0 Å². The van der Waals surface area contributed by atoms with Crippen LogP contribution in [-0.4, -0.2) is 76.0 Å². The van der Waals surface area contributed by atoms with E-state index in [0.717, 1.165) is 38.9 Å². The van der Waals surface area contributed by atoms with Gasteiger partial charge in [0.15, 0.2) is 11.3 Å². The molecule has 0 bridgehead atoms.